The molecule has 0 amide bonds. The lowest BCUT2D eigenvalue weighted by Gasteiger charge is -2.21. The SMILES string of the molecule is CC/C=C\C/C=C\C/C=C\C/C=C\C/C=C\CCCCCCCCCCCCCCCC(=O)OCC(COP(=O)(O)OCC(O)COP(=O)(O)OCC(O)COC(=O)CCCCCCCCCCCCCCCCCCCCC/C=C\C/C=C\C/C=C\C/C=C\CCCCC)OC(=O)CCCCCCCCCCC/C=C\C/C=C\C/C=C\C/C=C\CCCCC. The monoisotopic (exact) mass is 1790 g/mol. The van der Waals surface area contributed by atoms with Crippen LogP contribution in [0.2, 0.25) is 0 Å². The molecule has 0 radical (unpaired) electrons. The third-order valence-electron chi connectivity index (χ3n) is 21.7. The third kappa shape index (κ3) is 99.6. The van der Waals surface area contributed by atoms with Crippen molar-refractivity contribution in [3.8, 4) is 0 Å². The van der Waals surface area contributed by atoms with Gasteiger partial charge in [0.1, 0.15) is 25.4 Å². The predicted octanol–water partition coefficient (Wildman–Crippen LogP) is 32.0. The fourth-order valence-electron chi connectivity index (χ4n) is 14.0. The van der Waals surface area contributed by atoms with Gasteiger partial charge in [-0.3, -0.25) is 32.5 Å². The summed E-state index contributed by atoms with van der Waals surface area (Å²) in [6, 6.07) is 0. The smallest absolute Gasteiger partial charge is 0.463 e. The van der Waals surface area contributed by atoms with Crippen molar-refractivity contribution in [2.45, 2.75) is 463 Å². The van der Waals surface area contributed by atoms with Crippen molar-refractivity contribution in [1.82, 2.24) is 0 Å². The van der Waals surface area contributed by atoms with Crippen LogP contribution in [0.5, 0.6) is 0 Å². The van der Waals surface area contributed by atoms with Gasteiger partial charge in [0, 0.05) is 19.3 Å². The van der Waals surface area contributed by atoms with E-state index >= 15 is 0 Å². The highest BCUT2D eigenvalue weighted by atomic mass is 31.2. The first-order chi connectivity index (χ1) is 61.2. The molecule has 0 fully saturated rings. The van der Waals surface area contributed by atoms with Crippen LogP contribution in [0.4, 0.5) is 0 Å². The Morgan fingerprint density at radius 3 is 0.672 bits per heavy atom. The number of hydrogen-bond donors (Lipinski definition) is 4. The van der Waals surface area contributed by atoms with Gasteiger partial charge in [-0.05, 0) is 154 Å². The minimum Gasteiger partial charge on any atom is -0.463 e. The van der Waals surface area contributed by atoms with Crippen molar-refractivity contribution < 1.29 is 75.8 Å². The van der Waals surface area contributed by atoms with Crippen LogP contribution in [-0.4, -0.2) is 95.9 Å². The Labute approximate surface area is 765 Å². The molecule has 0 spiro atoms. The normalized spacial score (nSPS) is 14.3. The Bertz CT molecular complexity index is 2900. The topological polar surface area (TPSA) is 231 Å². The number of phosphoric acid groups is 2. The second-order valence-corrected chi connectivity index (χ2v) is 36.8. The largest absolute Gasteiger partial charge is 0.472 e. The first-order valence-electron chi connectivity index (χ1n) is 50.8. The standard InChI is InChI=1S/C107H186O16P2/c1-4-7-10-13-16-19-22-25-28-31-34-37-40-43-45-47-48-49-50-51-52-54-56-58-60-63-66-69-72-75-78-81-84-87-90-93-105(110)117-96-102(108)97-119-124(113,114)120-98-103(109)99-121-125(115,116)122-101-104(123-107(112)95-92-89-86-83-80-77-74-71-68-65-62-57-42-39-36-33-30-27-24-21-18-15-12-9-6-3)100-118-106(111)94-91-88-85-82-79-76-73-70-67-64-61-59-55-53-46-44-41-38-35-32-29-26-23-20-17-14-11-8-5-2/h8,11,16-21,25-30,34-39,43-46,57,62,102-104,108-109H,4-7,9-10,12-15,22-24,31-33,40-42,47-56,58-61,63-101H2,1-3H3,(H,113,114)(H,115,116)/b11-8-,19-16-,20-17-,21-18-,28-25-,29-26-,30-27-,37-34-,38-35-,39-36-,45-43-,46-44-,62-57-. The zero-order chi connectivity index (χ0) is 90.7. The fraction of sp³-hybridized carbons (Fsp3) is 0.729. The molecular weight excluding hydrogens is 1600 g/mol. The van der Waals surface area contributed by atoms with Crippen LogP contribution in [0.3, 0.4) is 0 Å². The van der Waals surface area contributed by atoms with Gasteiger partial charge in [0.05, 0.1) is 26.4 Å². The summed E-state index contributed by atoms with van der Waals surface area (Å²) in [6.45, 7) is 2.58. The van der Waals surface area contributed by atoms with E-state index in [1.165, 1.54) is 231 Å². The molecule has 125 heavy (non-hydrogen) atoms. The van der Waals surface area contributed by atoms with E-state index < -0.39 is 91.5 Å². The Balaban J connectivity index is 4.56. The number of aliphatic hydroxyl groups is 2. The van der Waals surface area contributed by atoms with Crippen LogP contribution in [0, 0.1) is 0 Å². The number of aliphatic hydroxyl groups excluding tert-OH is 2. The van der Waals surface area contributed by atoms with Crippen LogP contribution < -0.4 is 0 Å². The van der Waals surface area contributed by atoms with Crippen molar-refractivity contribution in [2.75, 3.05) is 39.6 Å². The Morgan fingerprint density at radius 1 is 0.232 bits per heavy atom. The molecule has 0 saturated carbocycles. The number of esters is 3. The lowest BCUT2D eigenvalue weighted by atomic mass is 10.0. The van der Waals surface area contributed by atoms with Gasteiger partial charge in [-0.15, -0.1) is 0 Å². The minimum absolute atomic E-state index is 0.0949. The first-order valence-corrected chi connectivity index (χ1v) is 53.8. The average Bonchev–Trinajstić information content (AvgIpc) is 0.909. The average molecular weight is 1790 g/mol. The summed E-state index contributed by atoms with van der Waals surface area (Å²) in [5, 5.41) is 20.8. The summed E-state index contributed by atoms with van der Waals surface area (Å²) < 4.78 is 61.7. The molecule has 0 aliphatic carbocycles. The van der Waals surface area contributed by atoms with E-state index in [2.05, 4.69) is 179 Å². The molecule has 0 bridgehead atoms. The van der Waals surface area contributed by atoms with Gasteiger partial charge in [0.2, 0.25) is 0 Å². The van der Waals surface area contributed by atoms with Gasteiger partial charge in [-0.1, -0.05) is 429 Å². The quantitative estimate of drug-likeness (QED) is 0.0146. The summed E-state index contributed by atoms with van der Waals surface area (Å²) >= 11 is 0. The summed E-state index contributed by atoms with van der Waals surface area (Å²) in [5.74, 6) is -1.57. The summed E-state index contributed by atoms with van der Waals surface area (Å²) in [4.78, 5) is 59.2. The minimum atomic E-state index is -4.95. The lowest BCUT2D eigenvalue weighted by Crippen LogP contribution is -2.30. The molecular formula is C107H186O16P2. The third-order valence-corrected chi connectivity index (χ3v) is 23.6. The maximum absolute atomic E-state index is 13.1. The second-order valence-electron chi connectivity index (χ2n) is 33.9. The predicted molar refractivity (Wildman–Crippen MR) is 528 cm³/mol. The molecule has 720 valence electrons. The molecule has 0 aliphatic heterocycles. The zero-order valence-corrected chi connectivity index (χ0v) is 81.5. The van der Waals surface area contributed by atoms with Crippen molar-refractivity contribution in [1.29, 1.82) is 0 Å². The van der Waals surface area contributed by atoms with E-state index in [-0.39, 0.29) is 19.3 Å². The van der Waals surface area contributed by atoms with E-state index in [1.54, 1.807) is 0 Å². The summed E-state index contributed by atoms with van der Waals surface area (Å²) in [6.07, 6.45) is 127. The number of unbranched alkanes of at least 4 members (excludes halogenated alkanes) is 47. The molecule has 0 aromatic rings. The van der Waals surface area contributed by atoms with Crippen LogP contribution in [0.25, 0.3) is 0 Å². The highest BCUT2D eigenvalue weighted by Crippen LogP contribution is 2.45. The van der Waals surface area contributed by atoms with Gasteiger partial charge in [0.25, 0.3) is 0 Å². The number of allylic oxidation sites excluding steroid dienone is 26. The van der Waals surface area contributed by atoms with E-state index in [4.69, 9.17) is 32.3 Å². The van der Waals surface area contributed by atoms with Gasteiger partial charge in [-0.25, -0.2) is 9.13 Å². The van der Waals surface area contributed by atoms with Crippen molar-refractivity contribution in [2.24, 2.45) is 0 Å². The molecule has 0 heterocycles. The Morgan fingerprint density at radius 2 is 0.424 bits per heavy atom. The number of carbonyl (C=O) groups excluding carboxylic acids is 3. The maximum Gasteiger partial charge on any atom is 0.472 e. The fourth-order valence-corrected chi connectivity index (χ4v) is 15.6. The number of hydrogen-bond acceptors (Lipinski definition) is 14. The zero-order valence-electron chi connectivity index (χ0n) is 79.7. The Hall–Kier alpha value is -4.83. The summed E-state index contributed by atoms with van der Waals surface area (Å²) in [5.41, 5.74) is 0. The van der Waals surface area contributed by atoms with Crippen LogP contribution in [-0.2, 0) is 55.8 Å². The van der Waals surface area contributed by atoms with Crippen molar-refractivity contribution in [3.05, 3.63) is 158 Å². The van der Waals surface area contributed by atoms with E-state index in [0.29, 0.717) is 19.3 Å². The van der Waals surface area contributed by atoms with Gasteiger partial charge < -0.3 is 34.2 Å². The van der Waals surface area contributed by atoms with E-state index in [1.807, 2.05) is 0 Å². The summed E-state index contributed by atoms with van der Waals surface area (Å²) in [7, 11) is -9.82. The van der Waals surface area contributed by atoms with Crippen LogP contribution in [0.1, 0.15) is 445 Å². The highest BCUT2D eigenvalue weighted by molar-refractivity contribution is 7.47. The van der Waals surface area contributed by atoms with Crippen molar-refractivity contribution >= 4 is 33.6 Å². The number of phosphoric ester groups is 2. The molecule has 0 aromatic heterocycles. The van der Waals surface area contributed by atoms with Crippen molar-refractivity contribution in [3.63, 3.8) is 0 Å². The lowest BCUT2D eigenvalue weighted by molar-refractivity contribution is -0.161. The highest BCUT2D eigenvalue weighted by Gasteiger charge is 2.30. The van der Waals surface area contributed by atoms with Crippen LogP contribution in [0.15, 0.2) is 158 Å². The van der Waals surface area contributed by atoms with Gasteiger partial charge in [-0.2, -0.15) is 0 Å². The van der Waals surface area contributed by atoms with Crippen LogP contribution >= 0.6 is 15.6 Å². The molecule has 18 heteroatoms. The molecule has 0 aromatic carbocycles. The van der Waals surface area contributed by atoms with Gasteiger partial charge >= 0.3 is 33.6 Å². The molecule has 5 unspecified atom stereocenters. The maximum atomic E-state index is 13.1. The van der Waals surface area contributed by atoms with Gasteiger partial charge in [0.15, 0.2) is 6.10 Å². The van der Waals surface area contributed by atoms with E-state index in [0.717, 1.165) is 154 Å². The molecule has 0 aliphatic rings. The molecule has 5 atom stereocenters. The first kappa shape index (κ1) is 120. The number of ether oxygens (including phenoxy) is 3. The number of rotatable bonds is 96. The second kappa shape index (κ2) is 98.2. The molecule has 16 nitrogen and oxygen atoms in total. The number of carbonyl (C=O) groups is 3. The molecule has 4 N–H and O–H groups in total. The molecule has 0 saturated heterocycles. The Kier molecular flexibility index (Phi) is 94.4. The van der Waals surface area contributed by atoms with E-state index in [9.17, 15) is 43.5 Å². The molecule has 0 rings (SSSR count).